The maximum atomic E-state index is 11.6. The molecule has 1 N–H and O–H groups in total. The monoisotopic (exact) mass is 537 g/mol. The number of piperidine rings is 1. The molecule has 0 amide bonds. The van der Waals surface area contributed by atoms with Gasteiger partial charge in [0.05, 0.1) is 35.8 Å². The van der Waals surface area contributed by atoms with E-state index in [0.717, 1.165) is 46.8 Å². The minimum Gasteiger partial charge on any atom is -0.494 e. The normalized spacial score (nSPS) is 25.8. The van der Waals surface area contributed by atoms with Gasteiger partial charge in [0.1, 0.15) is 17.0 Å². The van der Waals surface area contributed by atoms with E-state index in [0.29, 0.717) is 36.3 Å². The van der Waals surface area contributed by atoms with E-state index in [2.05, 4.69) is 10.1 Å². The first-order valence-electron chi connectivity index (χ1n) is 14.2. The quantitative estimate of drug-likeness (QED) is 0.342. The number of hydrogen-bond acceptors (Lipinski definition) is 8. The molecule has 2 aliphatic heterocycles. The minimum absolute atomic E-state index is 0.215. The molecule has 2 aliphatic carbocycles. The first kappa shape index (κ1) is 24.4. The van der Waals surface area contributed by atoms with Crippen molar-refractivity contribution in [1.29, 1.82) is 0 Å². The van der Waals surface area contributed by atoms with Gasteiger partial charge in [0.2, 0.25) is 0 Å². The van der Waals surface area contributed by atoms with Crippen LogP contribution >= 0.6 is 11.3 Å². The number of ether oxygens (including phenoxy) is 2. The second-order valence-corrected chi connectivity index (χ2v) is 12.6. The van der Waals surface area contributed by atoms with E-state index in [-0.39, 0.29) is 11.7 Å². The van der Waals surface area contributed by atoms with Crippen LogP contribution in [0.3, 0.4) is 0 Å². The number of carboxylic acid groups (broad SMARTS) is 1. The van der Waals surface area contributed by atoms with E-state index in [4.69, 9.17) is 19.0 Å². The number of nitrogens with zero attached hydrogens (tertiary/aromatic N) is 3. The molecule has 3 aromatic rings. The molecule has 4 fully saturated rings. The third kappa shape index (κ3) is 4.37. The summed E-state index contributed by atoms with van der Waals surface area (Å²) in [4.78, 5) is 19.0. The molecule has 3 atom stereocenters. The molecule has 4 heterocycles. The van der Waals surface area contributed by atoms with Gasteiger partial charge in [-0.15, -0.1) is 0 Å². The number of carbonyl (C=O) groups is 1. The summed E-state index contributed by atoms with van der Waals surface area (Å²) >= 11 is 1.56. The number of benzene rings is 1. The van der Waals surface area contributed by atoms with Crippen LogP contribution in [0.5, 0.6) is 5.75 Å². The van der Waals surface area contributed by atoms with Gasteiger partial charge in [-0.2, -0.15) is 0 Å². The van der Waals surface area contributed by atoms with Crippen LogP contribution in [0.15, 0.2) is 16.7 Å². The van der Waals surface area contributed by atoms with Crippen molar-refractivity contribution in [3.63, 3.8) is 0 Å². The summed E-state index contributed by atoms with van der Waals surface area (Å²) in [5.74, 6) is 1.71. The Morgan fingerprint density at radius 2 is 1.84 bits per heavy atom. The van der Waals surface area contributed by atoms with E-state index < -0.39 is 5.97 Å². The average molecular weight is 538 g/mol. The molecule has 2 bridgehead atoms. The fourth-order valence-electron chi connectivity index (χ4n) is 7.00. The zero-order valence-electron chi connectivity index (χ0n) is 21.9. The lowest BCUT2D eigenvalue weighted by atomic mass is 9.85. The number of carboxylic acids is 1. The summed E-state index contributed by atoms with van der Waals surface area (Å²) in [6.45, 7) is 0.613. The molecule has 7 rings (SSSR count). The number of methoxy groups -OCH3 is 1. The van der Waals surface area contributed by atoms with Crippen molar-refractivity contribution in [3.8, 4) is 5.75 Å². The Morgan fingerprint density at radius 3 is 2.53 bits per heavy atom. The number of aromatic nitrogens is 2. The number of fused-ring (bicyclic) bond motifs is 3. The third-order valence-corrected chi connectivity index (χ3v) is 10.1. The molecule has 0 radical (unpaired) electrons. The Kier molecular flexibility index (Phi) is 6.31. The lowest BCUT2D eigenvalue weighted by Crippen LogP contribution is -2.45. The second kappa shape index (κ2) is 9.83. The summed E-state index contributed by atoms with van der Waals surface area (Å²) in [6, 6.07) is 4.03. The van der Waals surface area contributed by atoms with Gasteiger partial charge >= 0.3 is 5.97 Å². The number of hydrogen-bond donors (Lipinski definition) is 1. The maximum absolute atomic E-state index is 11.6. The van der Waals surface area contributed by atoms with Crippen molar-refractivity contribution in [1.82, 2.24) is 10.1 Å². The number of thiazole rings is 1. The maximum Gasteiger partial charge on any atom is 0.335 e. The first-order chi connectivity index (χ1) is 18.6. The van der Waals surface area contributed by atoms with E-state index in [1.165, 1.54) is 56.2 Å². The number of rotatable bonds is 8. The molecule has 8 nitrogen and oxygen atoms in total. The fraction of sp³-hybridized carbons (Fsp3) is 0.621. The third-order valence-electron chi connectivity index (χ3n) is 9.08. The van der Waals surface area contributed by atoms with Gasteiger partial charge in [0.25, 0.3) is 0 Å². The molecule has 9 heteroatoms. The van der Waals surface area contributed by atoms with Crippen LogP contribution in [0.2, 0.25) is 0 Å². The molecule has 38 heavy (non-hydrogen) atoms. The van der Waals surface area contributed by atoms with Crippen molar-refractivity contribution in [2.45, 2.75) is 107 Å². The predicted octanol–water partition coefficient (Wildman–Crippen LogP) is 6.63. The highest BCUT2D eigenvalue weighted by Gasteiger charge is 2.43. The highest BCUT2D eigenvalue weighted by atomic mass is 32.1. The van der Waals surface area contributed by atoms with Crippen LogP contribution in [0.25, 0.3) is 10.2 Å². The van der Waals surface area contributed by atoms with Crippen LogP contribution in [-0.4, -0.2) is 46.5 Å². The molecule has 0 spiro atoms. The molecular formula is C29H35N3O5S. The van der Waals surface area contributed by atoms with Crippen LogP contribution in [0.4, 0.5) is 5.13 Å². The molecule has 202 valence electrons. The zero-order chi connectivity index (χ0) is 25.8. The second-order valence-electron chi connectivity index (χ2n) is 11.5. The molecular weight excluding hydrogens is 502 g/mol. The topological polar surface area (TPSA) is 97.9 Å². The molecule has 1 unspecified atom stereocenters. The fourth-order valence-corrected chi connectivity index (χ4v) is 8.16. The van der Waals surface area contributed by atoms with Crippen LogP contribution in [0.1, 0.15) is 110 Å². The van der Waals surface area contributed by atoms with Crippen molar-refractivity contribution in [2.75, 3.05) is 12.0 Å². The molecule has 1 aromatic carbocycles. The van der Waals surface area contributed by atoms with Crippen molar-refractivity contribution in [3.05, 3.63) is 34.7 Å². The summed E-state index contributed by atoms with van der Waals surface area (Å²) in [5, 5.41) is 15.1. The van der Waals surface area contributed by atoms with E-state index in [9.17, 15) is 9.90 Å². The summed E-state index contributed by atoms with van der Waals surface area (Å²) in [6.07, 6.45) is 13.2. The van der Waals surface area contributed by atoms with E-state index >= 15 is 0 Å². The van der Waals surface area contributed by atoms with Gasteiger partial charge in [-0.3, -0.25) is 0 Å². The van der Waals surface area contributed by atoms with Gasteiger partial charge in [0, 0.05) is 29.5 Å². The van der Waals surface area contributed by atoms with Crippen LogP contribution in [0, 0.1) is 0 Å². The standard InChI is InChI=1S/C29H35N3O5S/c1-35-23-11-18(28(33)34)12-24-26(23)30-29(38-24)32-19-9-10-20(32)14-21(13-19)36-15-22-25(16-5-3-2-4-6-16)31-37-27(22)17-7-8-17/h11-12,16-17,19-21H,2-10,13-15H2,1H3,(H,33,34)/t19-,20?,21-/m0/s1. The van der Waals surface area contributed by atoms with Gasteiger partial charge in [-0.25, -0.2) is 9.78 Å². The Balaban J connectivity index is 1.08. The molecule has 2 saturated heterocycles. The van der Waals surface area contributed by atoms with Crippen molar-refractivity contribution in [2.24, 2.45) is 0 Å². The molecule has 2 aromatic heterocycles. The number of aromatic carboxylic acids is 1. The molecule has 2 saturated carbocycles. The average Bonchev–Trinajstić information content (AvgIpc) is 3.44. The largest absolute Gasteiger partial charge is 0.494 e. The lowest BCUT2D eigenvalue weighted by Gasteiger charge is -2.38. The Bertz CT molecular complexity index is 1330. The highest BCUT2D eigenvalue weighted by Crippen LogP contribution is 2.47. The Hall–Kier alpha value is -2.65. The van der Waals surface area contributed by atoms with Gasteiger partial charge in [0.15, 0.2) is 5.13 Å². The Labute approximate surface area is 226 Å². The molecule has 4 aliphatic rings. The summed E-state index contributed by atoms with van der Waals surface area (Å²) < 4.78 is 18.9. The first-order valence-corrected chi connectivity index (χ1v) is 15.0. The Morgan fingerprint density at radius 1 is 1.08 bits per heavy atom. The number of anilines is 1. The predicted molar refractivity (Wildman–Crippen MR) is 145 cm³/mol. The van der Waals surface area contributed by atoms with Crippen LogP contribution < -0.4 is 9.64 Å². The van der Waals surface area contributed by atoms with E-state index in [1.54, 1.807) is 30.6 Å². The lowest BCUT2D eigenvalue weighted by molar-refractivity contribution is 0.0141. The van der Waals surface area contributed by atoms with E-state index in [1.807, 2.05) is 0 Å². The minimum atomic E-state index is -0.956. The van der Waals surface area contributed by atoms with Gasteiger partial charge in [-0.1, -0.05) is 35.8 Å². The van der Waals surface area contributed by atoms with Crippen LogP contribution in [-0.2, 0) is 11.3 Å². The van der Waals surface area contributed by atoms with Gasteiger partial charge < -0.3 is 24.0 Å². The SMILES string of the molecule is COc1cc(C(=O)O)cc2sc(N3C4CC[C@H]3C[C@H](OCc3c(C5CCCCC5)noc3C3CC3)C4)nc12. The smallest absolute Gasteiger partial charge is 0.335 e. The summed E-state index contributed by atoms with van der Waals surface area (Å²) in [5.41, 5.74) is 3.40. The van der Waals surface area contributed by atoms with Gasteiger partial charge in [-0.05, 0) is 63.5 Å². The summed E-state index contributed by atoms with van der Waals surface area (Å²) in [7, 11) is 1.57. The zero-order valence-corrected chi connectivity index (χ0v) is 22.7. The highest BCUT2D eigenvalue weighted by molar-refractivity contribution is 7.22. The van der Waals surface area contributed by atoms with Crippen molar-refractivity contribution >= 4 is 32.7 Å². The van der Waals surface area contributed by atoms with Crippen molar-refractivity contribution < 1.29 is 23.9 Å².